The Morgan fingerprint density at radius 1 is 1.25 bits per heavy atom. The van der Waals surface area contributed by atoms with Crippen LogP contribution in [0.2, 0.25) is 0 Å². The maximum atomic E-state index is 13.0. The van der Waals surface area contributed by atoms with Crippen LogP contribution in [0.5, 0.6) is 0 Å². The van der Waals surface area contributed by atoms with E-state index >= 15 is 0 Å². The van der Waals surface area contributed by atoms with E-state index in [1.807, 2.05) is 27.7 Å². The molecule has 1 fully saturated rings. The van der Waals surface area contributed by atoms with Gasteiger partial charge in [-0.3, -0.25) is 4.79 Å². The van der Waals surface area contributed by atoms with Crippen molar-refractivity contribution in [2.24, 2.45) is 11.8 Å². The lowest BCUT2D eigenvalue weighted by atomic mass is 9.80. The first-order valence-corrected chi connectivity index (χ1v) is 6.16. The molecule has 0 spiro atoms. The van der Waals surface area contributed by atoms with Crippen LogP contribution in [0.4, 0.5) is 4.39 Å². The predicted molar refractivity (Wildman–Crippen MR) is 61.9 cm³/mol. The van der Waals surface area contributed by atoms with E-state index in [4.69, 9.17) is 4.74 Å². The molecule has 1 aliphatic rings. The number of carbonyl (C=O) groups excluding carboxylic acids is 1. The minimum absolute atomic E-state index is 0.105. The zero-order valence-corrected chi connectivity index (χ0v) is 10.8. The summed E-state index contributed by atoms with van der Waals surface area (Å²) < 4.78 is 18.3. The van der Waals surface area contributed by atoms with Crippen molar-refractivity contribution in [1.82, 2.24) is 0 Å². The molecular formula is C13H23FO2. The molecule has 0 aromatic heterocycles. The highest BCUT2D eigenvalue weighted by Crippen LogP contribution is 2.32. The van der Waals surface area contributed by atoms with Crippen molar-refractivity contribution >= 4 is 5.97 Å². The molecule has 2 nitrogen and oxygen atoms in total. The van der Waals surface area contributed by atoms with E-state index in [-0.39, 0.29) is 11.9 Å². The van der Waals surface area contributed by atoms with Gasteiger partial charge in [0.15, 0.2) is 0 Å². The maximum absolute atomic E-state index is 13.0. The molecule has 94 valence electrons. The number of rotatable bonds is 2. The molecule has 1 rings (SSSR count). The first-order chi connectivity index (χ1) is 7.29. The maximum Gasteiger partial charge on any atom is 0.309 e. The fourth-order valence-electron chi connectivity index (χ4n) is 2.17. The van der Waals surface area contributed by atoms with Crippen molar-refractivity contribution in [2.45, 2.75) is 65.2 Å². The van der Waals surface area contributed by atoms with Crippen LogP contribution >= 0.6 is 0 Å². The van der Waals surface area contributed by atoms with Crippen LogP contribution in [0.15, 0.2) is 0 Å². The molecule has 0 N–H and O–H groups in total. The average Bonchev–Trinajstić information content (AvgIpc) is 2.15. The highest BCUT2D eigenvalue weighted by atomic mass is 19.1. The number of hydrogen-bond acceptors (Lipinski definition) is 2. The molecule has 3 heteroatoms. The summed E-state index contributed by atoms with van der Waals surface area (Å²) >= 11 is 0. The summed E-state index contributed by atoms with van der Waals surface area (Å²) in [5.74, 6) is 0.0448. The molecule has 0 aromatic rings. The van der Waals surface area contributed by atoms with E-state index in [2.05, 4.69) is 0 Å². The molecule has 0 bridgehead atoms. The van der Waals surface area contributed by atoms with Gasteiger partial charge in [0.05, 0.1) is 5.92 Å². The third-order valence-corrected chi connectivity index (χ3v) is 3.19. The van der Waals surface area contributed by atoms with E-state index in [0.29, 0.717) is 18.8 Å². The van der Waals surface area contributed by atoms with Gasteiger partial charge in [-0.15, -0.1) is 0 Å². The normalized spacial score (nSPS) is 28.6. The molecule has 1 aliphatic carbocycles. The first kappa shape index (κ1) is 13.5. The van der Waals surface area contributed by atoms with E-state index in [9.17, 15) is 9.18 Å². The Kier molecular flexibility index (Phi) is 4.34. The fraction of sp³-hybridized carbons (Fsp3) is 0.923. The minimum Gasteiger partial charge on any atom is -0.460 e. The second-order valence-electron chi connectivity index (χ2n) is 5.83. The molecular weight excluding hydrogens is 207 g/mol. The summed E-state index contributed by atoms with van der Waals surface area (Å²) in [7, 11) is 0. The lowest BCUT2D eigenvalue weighted by molar-refractivity contribution is -0.161. The molecule has 1 atom stereocenters. The number of esters is 1. The zero-order valence-electron chi connectivity index (χ0n) is 10.8. The Morgan fingerprint density at radius 2 is 1.75 bits per heavy atom. The molecule has 0 amide bonds. The van der Waals surface area contributed by atoms with E-state index < -0.39 is 11.8 Å². The predicted octanol–water partition coefficient (Wildman–Crippen LogP) is 3.49. The largest absolute Gasteiger partial charge is 0.460 e. The summed E-state index contributed by atoms with van der Waals surface area (Å²) in [5, 5.41) is 0. The third kappa shape index (κ3) is 4.11. The van der Waals surface area contributed by atoms with Gasteiger partial charge in [0.25, 0.3) is 0 Å². The number of halogens is 1. The zero-order chi connectivity index (χ0) is 12.3. The lowest BCUT2D eigenvalue weighted by Gasteiger charge is -2.30. The standard InChI is InChI=1S/C13H23FO2/c1-9(12(15)16-13(2,3)4)10-5-7-11(14)8-6-10/h9-11H,5-8H2,1-4H3/t9-,10?,11?/m1/s1. The summed E-state index contributed by atoms with van der Waals surface area (Å²) in [6, 6.07) is 0. The Labute approximate surface area is 97.6 Å². The molecule has 16 heavy (non-hydrogen) atoms. The van der Waals surface area contributed by atoms with Crippen molar-refractivity contribution in [3.05, 3.63) is 0 Å². The molecule has 0 heterocycles. The topological polar surface area (TPSA) is 26.3 Å². The highest BCUT2D eigenvalue weighted by molar-refractivity contribution is 5.72. The summed E-state index contributed by atoms with van der Waals surface area (Å²) in [6.45, 7) is 7.51. The van der Waals surface area contributed by atoms with Crippen molar-refractivity contribution in [3.8, 4) is 0 Å². The van der Waals surface area contributed by atoms with Crippen LogP contribution < -0.4 is 0 Å². The molecule has 1 saturated carbocycles. The molecule has 0 unspecified atom stereocenters. The minimum atomic E-state index is -0.665. The van der Waals surface area contributed by atoms with E-state index in [1.165, 1.54) is 0 Å². The Bertz CT molecular complexity index is 237. The summed E-state index contributed by atoms with van der Waals surface area (Å²) in [5.41, 5.74) is -0.428. The molecule has 0 aromatic carbocycles. The smallest absolute Gasteiger partial charge is 0.309 e. The van der Waals surface area contributed by atoms with Gasteiger partial charge in [0.1, 0.15) is 11.8 Å². The number of ether oxygens (including phenoxy) is 1. The van der Waals surface area contributed by atoms with Crippen LogP contribution in [-0.4, -0.2) is 17.7 Å². The second-order valence-corrected chi connectivity index (χ2v) is 5.83. The first-order valence-electron chi connectivity index (χ1n) is 6.16. The van der Waals surface area contributed by atoms with Gasteiger partial charge < -0.3 is 4.74 Å². The second kappa shape index (κ2) is 5.15. The number of carbonyl (C=O) groups is 1. The van der Waals surface area contributed by atoms with Gasteiger partial charge in [-0.25, -0.2) is 4.39 Å². The Hall–Kier alpha value is -0.600. The van der Waals surface area contributed by atoms with Crippen molar-refractivity contribution in [2.75, 3.05) is 0 Å². The fourth-order valence-corrected chi connectivity index (χ4v) is 2.17. The van der Waals surface area contributed by atoms with Crippen LogP contribution in [0.3, 0.4) is 0 Å². The van der Waals surface area contributed by atoms with E-state index in [0.717, 1.165) is 12.8 Å². The van der Waals surface area contributed by atoms with Crippen LogP contribution in [0.1, 0.15) is 53.4 Å². The van der Waals surface area contributed by atoms with Crippen LogP contribution in [0, 0.1) is 11.8 Å². The van der Waals surface area contributed by atoms with Gasteiger partial charge >= 0.3 is 5.97 Å². The van der Waals surface area contributed by atoms with Gasteiger partial charge in [-0.05, 0) is 52.4 Å². The van der Waals surface area contributed by atoms with E-state index in [1.54, 1.807) is 0 Å². The van der Waals surface area contributed by atoms with Gasteiger partial charge in [-0.2, -0.15) is 0 Å². The van der Waals surface area contributed by atoms with Crippen LogP contribution in [-0.2, 0) is 9.53 Å². The summed E-state index contributed by atoms with van der Waals surface area (Å²) in [4.78, 5) is 11.8. The van der Waals surface area contributed by atoms with Gasteiger partial charge in [0.2, 0.25) is 0 Å². The monoisotopic (exact) mass is 230 g/mol. The molecule has 0 aliphatic heterocycles. The number of hydrogen-bond donors (Lipinski definition) is 0. The lowest BCUT2D eigenvalue weighted by Crippen LogP contribution is -2.32. The van der Waals surface area contributed by atoms with Crippen molar-refractivity contribution < 1.29 is 13.9 Å². The summed E-state index contributed by atoms with van der Waals surface area (Å²) in [6.07, 6.45) is 2.14. The van der Waals surface area contributed by atoms with Gasteiger partial charge in [0, 0.05) is 0 Å². The Balaban J connectivity index is 2.45. The van der Waals surface area contributed by atoms with Crippen molar-refractivity contribution in [1.29, 1.82) is 0 Å². The van der Waals surface area contributed by atoms with Gasteiger partial charge in [-0.1, -0.05) is 6.92 Å². The highest BCUT2D eigenvalue weighted by Gasteiger charge is 2.31. The molecule has 0 saturated heterocycles. The molecule has 0 radical (unpaired) electrons. The quantitative estimate of drug-likeness (QED) is 0.679. The third-order valence-electron chi connectivity index (χ3n) is 3.19. The number of alkyl halides is 1. The Morgan fingerprint density at radius 3 is 2.19 bits per heavy atom. The van der Waals surface area contributed by atoms with Crippen molar-refractivity contribution in [3.63, 3.8) is 0 Å². The van der Waals surface area contributed by atoms with Crippen LogP contribution in [0.25, 0.3) is 0 Å². The SMILES string of the molecule is C[C@@H](C(=O)OC(C)(C)C)C1CCC(F)CC1. The average molecular weight is 230 g/mol.